The number of alkyl halides is 3. The van der Waals surface area contributed by atoms with E-state index in [0.29, 0.717) is 6.07 Å². The summed E-state index contributed by atoms with van der Waals surface area (Å²) in [6, 6.07) is 22.0. The van der Waals surface area contributed by atoms with Crippen LogP contribution in [-0.2, 0) is 31.0 Å². The summed E-state index contributed by atoms with van der Waals surface area (Å²) in [6.45, 7) is -0.630. The molecule has 0 aromatic heterocycles. The molecule has 214 valence electrons. The van der Waals surface area contributed by atoms with Gasteiger partial charge >= 0.3 is 6.18 Å². The van der Waals surface area contributed by atoms with Crippen molar-refractivity contribution in [2.45, 2.75) is 16.0 Å². The lowest BCUT2D eigenvalue weighted by Gasteiger charge is -2.24. The SMILES string of the molecule is O=C(CN(c1cccc(Cl)c1)S(=O)(=O)c1ccccc1)Nc1ccc(S(=O)(=O)Nc2cccc(C(F)(F)F)c2)cc1. The van der Waals surface area contributed by atoms with E-state index in [1.807, 2.05) is 0 Å². The number of carbonyl (C=O) groups excluding carboxylic acids is 1. The van der Waals surface area contributed by atoms with E-state index in [1.165, 1.54) is 48.5 Å². The lowest BCUT2D eigenvalue weighted by molar-refractivity contribution is -0.137. The summed E-state index contributed by atoms with van der Waals surface area (Å²) in [7, 11) is -8.43. The van der Waals surface area contributed by atoms with Gasteiger partial charge in [0.05, 0.1) is 21.0 Å². The Morgan fingerprint density at radius 1 is 0.756 bits per heavy atom. The number of rotatable bonds is 9. The molecular weight excluding hydrogens is 603 g/mol. The minimum absolute atomic E-state index is 0.0457. The molecule has 4 aromatic rings. The van der Waals surface area contributed by atoms with E-state index >= 15 is 0 Å². The van der Waals surface area contributed by atoms with Gasteiger partial charge < -0.3 is 5.32 Å². The maximum atomic E-state index is 13.4. The third-order valence-corrected chi connectivity index (χ3v) is 9.03. The van der Waals surface area contributed by atoms with Crippen molar-refractivity contribution in [2.75, 3.05) is 20.9 Å². The number of anilines is 3. The smallest absolute Gasteiger partial charge is 0.325 e. The predicted octanol–water partition coefficient (Wildman–Crippen LogP) is 5.99. The molecular formula is C27H21ClF3N3O5S2. The summed E-state index contributed by atoms with van der Waals surface area (Å²) >= 11 is 6.06. The number of hydrogen-bond acceptors (Lipinski definition) is 5. The van der Waals surface area contributed by atoms with Crippen molar-refractivity contribution in [1.82, 2.24) is 0 Å². The topological polar surface area (TPSA) is 113 Å². The van der Waals surface area contributed by atoms with Crippen LogP contribution in [0.25, 0.3) is 0 Å². The van der Waals surface area contributed by atoms with Crippen molar-refractivity contribution in [3.8, 4) is 0 Å². The Bertz CT molecular complexity index is 1770. The van der Waals surface area contributed by atoms with Gasteiger partial charge in [-0.25, -0.2) is 16.8 Å². The first-order chi connectivity index (χ1) is 19.3. The molecule has 8 nitrogen and oxygen atoms in total. The van der Waals surface area contributed by atoms with Crippen molar-refractivity contribution in [2.24, 2.45) is 0 Å². The lowest BCUT2D eigenvalue weighted by atomic mass is 10.2. The second-order valence-electron chi connectivity index (χ2n) is 8.56. The number of benzene rings is 4. The molecule has 14 heteroatoms. The molecule has 0 spiro atoms. The molecule has 4 rings (SSSR count). The van der Waals surface area contributed by atoms with Crippen LogP contribution >= 0.6 is 11.6 Å². The third kappa shape index (κ3) is 7.37. The molecule has 0 unspecified atom stereocenters. The normalized spacial score (nSPS) is 12.0. The maximum Gasteiger partial charge on any atom is 0.416 e. The lowest BCUT2D eigenvalue weighted by Crippen LogP contribution is -2.38. The molecule has 0 aliphatic heterocycles. The number of nitrogens with one attached hydrogen (secondary N) is 2. The fourth-order valence-corrected chi connectivity index (χ4v) is 6.36. The summed E-state index contributed by atoms with van der Waals surface area (Å²) in [5.41, 5.74) is -0.996. The number of hydrogen-bond donors (Lipinski definition) is 2. The summed E-state index contributed by atoms with van der Waals surface area (Å²) in [6.07, 6.45) is -4.65. The number of nitrogens with zero attached hydrogens (tertiary/aromatic N) is 1. The number of sulfonamides is 2. The Hall–Kier alpha value is -4.07. The summed E-state index contributed by atoms with van der Waals surface area (Å²) in [4.78, 5) is 12.6. The standard InChI is InChI=1S/C27H21ClF3N3O5S2/c28-20-7-5-9-23(17-20)34(41(38,39)25-10-2-1-3-11-25)18-26(35)32-21-12-14-24(15-13-21)40(36,37)33-22-8-4-6-19(16-22)27(29,30)31/h1-17,33H,18H2,(H,32,35). The van der Waals surface area contributed by atoms with Crippen LogP contribution in [0.2, 0.25) is 5.02 Å². The van der Waals surface area contributed by atoms with Crippen molar-refractivity contribution in [1.29, 1.82) is 0 Å². The molecule has 4 aromatic carbocycles. The summed E-state index contributed by atoms with van der Waals surface area (Å²) in [5, 5.41) is 2.77. The van der Waals surface area contributed by atoms with Crippen LogP contribution in [0.15, 0.2) is 113 Å². The molecule has 0 bridgehead atoms. The molecule has 0 saturated carbocycles. The highest BCUT2D eigenvalue weighted by Gasteiger charge is 2.31. The number of amides is 1. The first-order valence-corrected chi connectivity index (χ1v) is 15.0. The van der Waals surface area contributed by atoms with Gasteiger partial charge in [0.1, 0.15) is 6.54 Å². The van der Waals surface area contributed by atoms with Gasteiger partial charge in [-0.1, -0.05) is 41.9 Å². The first-order valence-electron chi connectivity index (χ1n) is 11.7. The predicted molar refractivity (Wildman–Crippen MR) is 150 cm³/mol. The average molecular weight is 624 g/mol. The van der Waals surface area contributed by atoms with Gasteiger partial charge in [0.2, 0.25) is 5.91 Å². The van der Waals surface area contributed by atoms with Crippen LogP contribution in [0.1, 0.15) is 5.56 Å². The maximum absolute atomic E-state index is 13.4. The molecule has 0 heterocycles. The van der Waals surface area contributed by atoms with E-state index in [4.69, 9.17) is 11.6 Å². The summed E-state index contributed by atoms with van der Waals surface area (Å²) < 4.78 is 94.0. The van der Waals surface area contributed by atoms with E-state index in [9.17, 15) is 34.8 Å². The highest BCUT2D eigenvalue weighted by Crippen LogP contribution is 2.31. The van der Waals surface area contributed by atoms with Crippen LogP contribution in [-0.4, -0.2) is 29.3 Å². The number of carbonyl (C=O) groups is 1. The van der Waals surface area contributed by atoms with Crippen LogP contribution in [0, 0.1) is 0 Å². The molecule has 0 fully saturated rings. The van der Waals surface area contributed by atoms with Gasteiger partial charge in [-0.2, -0.15) is 13.2 Å². The fourth-order valence-electron chi connectivity index (χ4n) is 3.69. The highest BCUT2D eigenvalue weighted by atomic mass is 35.5. The Kier molecular flexibility index (Phi) is 8.61. The zero-order valence-corrected chi connectivity index (χ0v) is 23.2. The summed E-state index contributed by atoms with van der Waals surface area (Å²) in [5.74, 6) is -0.734. The average Bonchev–Trinajstić information content (AvgIpc) is 2.92. The van der Waals surface area contributed by atoms with Crippen LogP contribution in [0.4, 0.5) is 30.2 Å². The molecule has 2 N–H and O–H groups in total. The molecule has 0 aliphatic carbocycles. The van der Waals surface area contributed by atoms with E-state index in [1.54, 1.807) is 24.3 Å². The highest BCUT2D eigenvalue weighted by molar-refractivity contribution is 7.93. The molecule has 0 aliphatic rings. The van der Waals surface area contributed by atoms with Crippen molar-refractivity contribution in [3.63, 3.8) is 0 Å². The Morgan fingerprint density at radius 3 is 2.05 bits per heavy atom. The largest absolute Gasteiger partial charge is 0.416 e. The van der Waals surface area contributed by atoms with Gasteiger partial charge in [-0.15, -0.1) is 0 Å². The van der Waals surface area contributed by atoms with Crippen molar-refractivity contribution in [3.05, 3.63) is 114 Å². The van der Waals surface area contributed by atoms with E-state index in [2.05, 4.69) is 10.0 Å². The van der Waals surface area contributed by atoms with E-state index < -0.39 is 44.2 Å². The van der Waals surface area contributed by atoms with Gasteiger partial charge in [0.25, 0.3) is 20.0 Å². The quantitative estimate of drug-likeness (QED) is 0.238. The Labute approximate surface area is 239 Å². The zero-order valence-electron chi connectivity index (χ0n) is 20.8. The Morgan fingerprint density at radius 2 is 1.41 bits per heavy atom. The van der Waals surface area contributed by atoms with Crippen LogP contribution < -0.4 is 14.3 Å². The van der Waals surface area contributed by atoms with Gasteiger partial charge in [0, 0.05) is 16.4 Å². The number of halogens is 4. The fraction of sp³-hybridized carbons (Fsp3) is 0.0741. The van der Waals surface area contributed by atoms with Crippen LogP contribution in [0.5, 0.6) is 0 Å². The van der Waals surface area contributed by atoms with E-state index in [0.717, 1.165) is 28.6 Å². The van der Waals surface area contributed by atoms with Crippen molar-refractivity contribution >= 4 is 54.6 Å². The minimum Gasteiger partial charge on any atom is -0.325 e. The Balaban J connectivity index is 1.51. The van der Waals surface area contributed by atoms with E-state index in [-0.39, 0.29) is 31.9 Å². The molecule has 41 heavy (non-hydrogen) atoms. The van der Waals surface area contributed by atoms with Crippen LogP contribution in [0.3, 0.4) is 0 Å². The monoisotopic (exact) mass is 623 g/mol. The van der Waals surface area contributed by atoms with Crippen molar-refractivity contribution < 1.29 is 34.8 Å². The van der Waals surface area contributed by atoms with Gasteiger partial charge in [-0.05, 0) is 72.8 Å². The zero-order chi connectivity index (χ0) is 29.8. The minimum atomic E-state index is -4.65. The second kappa shape index (κ2) is 11.8. The third-order valence-electron chi connectivity index (χ3n) is 5.61. The molecule has 0 atom stereocenters. The molecule has 0 radical (unpaired) electrons. The van der Waals surface area contributed by atoms with Gasteiger partial charge in [-0.3, -0.25) is 13.8 Å². The van der Waals surface area contributed by atoms with Gasteiger partial charge in [0.15, 0.2) is 0 Å². The molecule has 0 saturated heterocycles. The first kappa shape index (κ1) is 29.9. The second-order valence-corrected chi connectivity index (χ2v) is 12.5. The molecule has 1 amide bonds.